The number of ether oxygens (including phenoxy) is 1. The van der Waals surface area contributed by atoms with Crippen LogP contribution in [-0.2, 0) is 0 Å². The van der Waals surface area contributed by atoms with Gasteiger partial charge in [-0.3, -0.25) is 0 Å². The van der Waals surface area contributed by atoms with Crippen molar-refractivity contribution in [2.75, 3.05) is 12.8 Å². The third kappa shape index (κ3) is 1.72. The summed E-state index contributed by atoms with van der Waals surface area (Å²) in [5, 5.41) is 1.18. The number of nitrogens with zero attached hydrogens (tertiary/aromatic N) is 1. The molecule has 0 unspecified atom stereocenters. The largest absolute Gasteiger partial charge is 0.496 e. The Hall–Kier alpha value is -1.00. The maximum atomic E-state index is 6.17. The lowest BCUT2D eigenvalue weighted by Gasteiger charge is -2.12. The van der Waals surface area contributed by atoms with Crippen molar-refractivity contribution in [3.63, 3.8) is 0 Å². The third-order valence-electron chi connectivity index (χ3n) is 2.44. The number of aromatic nitrogens is 1. The summed E-state index contributed by atoms with van der Waals surface area (Å²) in [6.07, 6.45) is 0. The second-order valence-electron chi connectivity index (χ2n) is 3.86. The first kappa shape index (κ1) is 11.5. The van der Waals surface area contributed by atoms with Crippen LogP contribution in [-0.4, -0.2) is 12.1 Å². The molecule has 0 aliphatic rings. The van der Waals surface area contributed by atoms with Gasteiger partial charge >= 0.3 is 0 Å². The highest BCUT2D eigenvalue weighted by atomic mass is 35.5. The summed E-state index contributed by atoms with van der Waals surface area (Å²) in [6.45, 7) is 4.20. The molecule has 0 aliphatic heterocycles. The predicted molar refractivity (Wildman–Crippen MR) is 69.7 cm³/mol. The summed E-state index contributed by atoms with van der Waals surface area (Å²) in [6, 6.07) is 1.83. The van der Waals surface area contributed by atoms with Crippen molar-refractivity contribution in [2.45, 2.75) is 19.8 Å². The smallest absolute Gasteiger partial charge is 0.181 e. The predicted octanol–water partition coefficient (Wildman–Crippen LogP) is 3.66. The zero-order valence-corrected chi connectivity index (χ0v) is 10.9. The van der Waals surface area contributed by atoms with E-state index < -0.39 is 0 Å². The molecule has 1 aromatic heterocycles. The molecule has 0 fully saturated rings. The topological polar surface area (TPSA) is 48.1 Å². The van der Waals surface area contributed by atoms with E-state index in [4.69, 9.17) is 22.1 Å². The minimum absolute atomic E-state index is 0.316. The van der Waals surface area contributed by atoms with Gasteiger partial charge in [0.15, 0.2) is 5.13 Å². The van der Waals surface area contributed by atoms with E-state index in [1.54, 1.807) is 7.11 Å². The first-order valence-corrected chi connectivity index (χ1v) is 6.16. The molecule has 1 heterocycles. The van der Waals surface area contributed by atoms with Gasteiger partial charge < -0.3 is 10.5 Å². The molecule has 2 N–H and O–H groups in total. The molecule has 0 amide bonds. The number of rotatable bonds is 2. The molecule has 0 saturated heterocycles. The Morgan fingerprint density at radius 3 is 2.75 bits per heavy atom. The van der Waals surface area contributed by atoms with E-state index in [1.165, 1.54) is 11.3 Å². The van der Waals surface area contributed by atoms with Crippen molar-refractivity contribution in [1.29, 1.82) is 0 Å². The Bertz CT molecular complexity index is 536. The van der Waals surface area contributed by atoms with Gasteiger partial charge in [-0.05, 0) is 5.92 Å². The summed E-state index contributed by atoms with van der Waals surface area (Å²) in [5.74, 6) is 1.09. The van der Waals surface area contributed by atoms with Crippen LogP contribution in [0, 0.1) is 0 Å². The average molecular weight is 257 g/mol. The molecule has 0 saturated carbocycles. The van der Waals surface area contributed by atoms with E-state index in [-0.39, 0.29) is 0 Å². The van der Waals surface area contributed by atoms with Gasteiger partial charge in [0.2, 0.25) is 0 Å². The monoisotopic (exact) mass is 256 g/mol. The van der Waals surface area contributed by atoms with Crippen molar-refractivity contribution in [3.8, 4) is 5.75 Å². The number of nitrogens with two attached hydrogens (primary N) is 1. The molecule has 0 atom stereocenters. The number of methoxy groups -OCH3 is 1. The Morgan fingerprint density at radius 2 is 2.19 bits per heavy atom. The van der Waals surface area contributed by atoms with Crippen LogP contribution in [0.5, 0.6) is 5.75 Å². The number of anilines is 1. The quantitative estimate of drug-likeness (QED) is 0.892. The van der Waals surface area contributed by atoms with Crippen LogP contribution >= 0.6 is 22.9 Å². The normalized spacial score (nSPS) is 11.3. The number of thiazole rings is 1. The fraction of sp³-hybridized carbons (Fsp3) is 0.364. The fourth-order valence-corrected chi connectivity index (χ4v) is 2.84. The maximum absolute atomic E-state index is 6.17. The molecule has 1 aromatic carbocycles. The van der Waals surface area contributed by atoms with E-state index >= 15 is 0 Å². The summed E-state index contributed by atoms with van der Waals surface area (Å²) >= 11 is 7.57. The fourth-order valence-electron chi connectivity index (χ4n) is 1.78. The lowest BCUT2D eigenvalue weighted by molar-refractivity contribution is 0.408. The standard InChI is InChI=1S/C11H13ClN2OS/c1-5(2)8-7(15-3)4-6(12)10-9(8)14-11(13)16-10/h4-5H,1-3H3,(H2,13,14). The van der Waals surface area contributed by atoms with Crippen LogP contribution in [0.4, 0.5) is 5.13 Å². The van der Waals surface area contributed by atoms with Gasteiger partial charge in [-0.1, -0.05) is 36.8 Å². The molecular weight excluding hydrogens is 244 g/mol. The Balaban J connectivity index is 2.86. The molecule has 5 heteroatoms. The van der Waals surface area contributed by atoms with Crippen LogP contribution in [0.2, 0.25) is 5.02 Å². The number of hydrogen-bond donors (Lipinski definition) is 1. The molecule has 86 valence electrons. The second kappa shape index (κ2) is 4.11. The maximum Gasteiger partial charge on any atom is 0.181 e. The minimum atomic E-state index is 0.316. The lowest BCUT2D eigenvalue weighted by Crippen LogP contribution is -1.96. The molecule has 0 spiro atoms. The van der Waals surface area contributed by atoms with Gasteiger partial charge in [0.05, 0.1) is 22.3 Å². The molecule has 16 heavy (non-hydrogen) atoms. The SMILES string of the molecule is COc1cc(Cl)c2sc(N)nc2c1C(C)C. The summed E-state index contributed by atoms with van der Waals surface area (Å²) in [5.41, 5.74) is 7.66. The van der Waals surface area contributed by atoms with Gasteiger partial charge in [0.25, 0.3) is 0 Å². The van der Waals surface area contributed by atoms with Crippen LogP contribution in [0.15, 0.2) is 6.07 Å². The molecular formula is C11H13ClN2OS. The Morgan fingerprint density at radius 1 is 1.50 bits per heavy atom. The van der Waals surface area contributed by atoms with Gasteiger partial charge in [-0.2, -0.15) is 0 Å². The lowest BCUT2D eigenvalue weighted by atomic mass is 10.0. The van der Waals surface area contributed by atoms with Crippen LogP contribution in [0.25, 0.3) is 10.2 Å². The van der Waals surface area contributed by atoms with E-state index in [1.807, 2.05) is 6.07 Å². The number of nitrogen functional groups attached to an aromatic ring is 1. The number of hydrogen-bond acceptors (Lipinski definition) is 4. The molecule has 0 bridgehead atoms. The molecule has 2 aromatic rings. The van der Waals surface area contributed by atoms with Crippen molar-refractivity contribution in [2.24, 2.45) is 0 Å². The van der Waals surface area contributed by atoms with Gasteiger partial charge in [-0.25, -0.2) is 4.98 Å². The number of fused-ring (bicyclic) bond motifs is 1. The highest BCUT2D eigenvalue weighted by Crippen LogP contribution is 2.41. The van der Waals surface area contributed by atoms with Gasteiger partial charge in [0.1, 0.15) is 5.75 Å². The van der Waals surface area contributed by atoms with Crippen LogP contribution < -0.4 is 10.5 Å². The first-order chi connectivity index (χ1) is 7.54. The zero-order chi connectivity index (χ0) is 11.9. The second-order valence-corrected chi connectivity index (χ2v) is 5.30. The Kier molecular flexibility index (Phi) is 2.95. The summed E-state index contributed by atoms with van der Waals surface area (Å²) in [7, 11) is 1.64. The zero-order valence-electron chi connectivity index (χ0n) is 9.37. The van der Waals surface area contributed by atoms with Crippen LogP contribution in [0.1, 0.15) is 25.3 Å². The Labute approximate surface area is 103 Å². The summed E-state index contributed by atoms with van der Waals surface area (Å²) < 4.78 is 6.28. The first-order valence-electron chi connectivity index (χ1n) is 4.97. The number of halogens is 1. The highest BCUT2D eigenvalue weighted by molar-refractivity contribution is 7.22. The molecule has 0 aliphatic carbocycles. The van der Waals surface area contributed by atoms with Crippen molar-refractivity contribution < 1.29 is 4.74 Å². The summed E-state index contributed by atoms with van der Waals surface area (Å²) in [4.78, 5) is 4.34. The molecule has 2 rings (SSSR count). The van der Waals surface area contributed by atoms with E-state index in [2.05, 4.69) is 18.8 Å². The molecule has 3 nitrogen and oxygen atoms in total. The van der Waals surface area contributed by atoms with Crippen molar-refractivity contribution in [1.82, 2.24) is 4.98 Å². The van der Waals surface area contributed by atoms with E-state index in [0.29, 0.717) is 16.1 Å². The highest BCUT2D eigenvalue weighted by Gasteiger charge is 2.18. The number of benzene rings is 1. The van der Waals surface area contributed by atoms with Gasteiger partial charge in [0, 0.05) is 11.6 Å². The van der Waals surface area contributed by atoms with Crippen molar-refractivity contribution >= 4 is 38.3 Å². The van der Waals surface area contributed by atoms with Crippen molar-refractivity contribution in [3.05, 3.63) is 16.7 Å². The minimum Gasteiger partial charge on any atom is -0.496 e. The van der Waals surface area contributed by atoms with E-state index in [9.17, 15) is 0 Å². The van der Waals surface area contributed by atoms with Gasteiger partial charge in [-0.15, -0.1) is 0 Å². The third-order valence-corrected chi connectivity index (χ3v) is 3.76. The molecule has 0 radical (unpaired) electrons. The average Bonchev–Trinajstić information content (AvgIpc) is 2.58. The van der Waals surface area contributed by atoms with E-state index in [0.717, 1.165) is 21.5 Å². The van der Waals surface area contributed by atoms with Crippen LogP contribution in [0.3, 0.4) is 0 Å².